The molecule has 0 heterocycles. The molecule has 0 spiro atoms. The molecule has 0 aliphatic carbocycles. The van der Waals surface area contributed by atoms with E-state index in [1.54, 1.807) is 12.1 Å². The summed E-state index contributed by atoms with van der Waals surface area (Å²) >= 11 is 6.01. The van der Waals surface area contributed by atoms with Gasteiger partial charge in [-0.3, -0.25) is 4.79 Å². The summed E-state index contributed by atoms with van der Waals surface area (Å²) in [6.07, 6.45) is 0. The van der Waals surface area contributed by atoms with E-state index in [1.165, 1.54) is 11.1 Å². The van der Waals surface area contributed by atoms with Gasteiger partial charge in [-0.25, -0.2) is 0 Å². The highest BCUT2D eigenvalue weighted by Crippen LogP contribution is 2.20. The molecule has 0 aliphatic heterocycles. The molecule has 0 saturated heterocycles. The van der Waals surface area contributed by atoms with Gasteiger partial charge in [-0.15, -0.1) is 0 Å². The van der Waals surface area contributed by atoms with Crippen molar-refractivity contribution >= 4 is 23.2 Å². The molecule has 2 N–H and O–H groups in total. The van der Waals surface area contributed by atoms with Crippen molar-refractivity contribution in [2.24, 2.45) is 0 Å². The Balaban J connectivity index is 1.90. The van der Waals surface area contributed by atoms with Crippen LogP contribution in [-0.2, 0) is 4.79 Å². The molecule has 1 amide bonds. The zero-order valence-corrected chi connectivity index (χ0v) is 12.9. The zero-order chi connectivity index (χ0) is 15.2. The Kier molecular flexibility index (Phi) is 5.37. The first kappa shape index (κ1) is 15.5. The molecule has 0 bridgehead atoms. The molecule has 0 radical (unpaired) electrons. The van der Waals surface area contributed by atoms with E-state index in [2.05, 4.69) is 29.7 Å². The first-order valence-corrected chi connectivity index (χ1v) is 7.29. The van der Waals surface area contributed by atoms with Crippen LogP contribution in [0.2, 0.25) is 5.02 Å². The third kappa shape index (κ3) is 4.31. The lowest BCUT2D eigenvalue weighted by Crippen LogP contribution is -2.30. The molecule has 0 fully saturated rings. The van der Waals surface area contributed by atoms with Crippen LogP contribution in [0, 0.1) is 6.92 Å². The maximum Gasteiger partial charge on any atom is 0.238 e. The van der Waals surface area contributed by atoms with E-state index in [9.17, 15) is 4.79 Å². The van der Waals surface area contributed by atoms with Gasteiger partial charge in [-0.1, -0.05) is 48.0 Å². The molecule has 21 heavy (non-hydrogen) atoms. The monoisotopic (exact) mass is 302 g/mol. The van der Waals surface area contributed by atoms with Crippen LogP contribution in [0.4, 0.5) is 5.69 Å². The Bertz CT molecular complexity index is 628. The van der Waals surface area contributed by atoms with Crippen molar-refractivity contribution in [3.63, 3.8) is 0 Å². The fraction of sp³-hybridized carbons (Fsp3) is 0.235. The summed E-state index contributed by atoms with van der Waals surface area (Å²) < 4.78 is 0. The van der Waals surface area contributed by atoms with Gasteiger partial charge in [-0.05, 0) is 37.1 Å². The van der Waals surface area contributed by atoms with Crippen molar-refractivity contribution < 1.29 is 4.79 Å². The van der Waals surface area contributed by atoms with Crippen LogP contribution in [-0.4, -0.2) is 12.5 Å². The van der Waals surface area contributed by atoms with Crippen LogP contribution >= 0.6 is 11.6 Å². The quantitative estimate of drug-likeness (QED) is 0.878. The van der Waals surface area contributed by atoms with Crippen molar-refractivity contribution in [2.75, 3.05) is 11.9 Å². The molecule has 4 heteroatoms. The normalized spacial score (nSPS) is 12.0. The number of carbonyl (C=O) groups excluding carboxylic acids is 1. The Morgan fingerprint density at radius 2 is 1.81 bits per heavy atom. The number of hydrogen-bond donors (Lipinski definition) is 2. The summed E-state index contributed by atoms with van der Waals surface area (Å²) in [4.78, 5) is 12.0. The van der Waals surface area contributed by atoms with Crippen LogP contribution in [0.25, 0.3) is 0 Å². The summed E-state index contributed by atoms with van der Waals surface area (Å²) in [6.45, 7) is 4.35. The van der Waals surface area contributed by atoms with Crippen LogP contribution < -0.4 is 10.6 Å². The van der Waals surface area contributed by atoms with Crippen LogP contribution in [0.1, 0.15) is 24.1 Å². The minimum atomic E-state index is -0.108. The fourth-order valence-electron chi connectivity index (χ4n) is 2.19. The number of halogens is 1. The Morgan fingerprint density at radius 3 is 2.52 bits per heavy atom. The molecule has 2 aromatic rings. The lowest BCUT2D eigenvalue weighted by Gasteiger charge is -2.16. The van der Waals surface area contributed by atoms with Crippen LogP contribution in [0.5, 0.6) is 0 Å². The number of para-hydroxylation sites is 1. The van der Waals surface area contributed by atoms with Crippen molar-refractivity contribution in [2.45, 2.75) is 19.9 Å². The Morgan fingerprint density at radius 1 is 1.14 bits per heavy atom. The number of rotatable bonds is 5. The number of aryl methyl sites for hydroxylation is 1. The number of amides is 1. The van der Waals surface area contributed by atoms with E-state index < -0.39 is 0 Å². The summed E-state index contributed by atoms with van der Waals surface area (Å²) in [5, 5.41) is 6.56. The standard InChI is InChI=1S/C17H19ClN2O/c1-12-7-3-4-8-14(12)13(2)19-11-17(21)20-16-10-6-5-9-15(16)18/h3-10,13,19H,11H2,1-2H3,(H,20,21)/t13-/m0/s1. The van der Waals surface area contributed by atoms with Gasteiger partial charge in [0, 0.05) is 6.04 Å². The number of carbonyl (C=O) groups is 1. The van der Waals surface area contributed by atoms with E-state index in [4.69, 9.17) is 11.6 Å². The molecular weight excluding hydrogens is 284 g/mol. The van der Waals surface area contributed by atoms with Gasteiger partial charge < -0.3 is 10.6 Å². The van der Waals surface area contributed by atoms with Gasteiger partial charge in [0.1, 0.15) is 0 Å². The topological polar surface area (TPSA) is 41.1 Å². The third-order valence-corrected chi connectivity index (χ3v) is 3.70. The van der Waals surface area contributed by atoms with E-state index in [0.717, 1.165) is 0 Å². The summed E-state index contributed by atoms with van der Waals surface area (Å²) in [5.41, 5.74) is 3.04. The highest BCUT2D eigenvalue weighted by Gasteiger charge is 2.10. The number of anilines is 1. The predicted molar refractivity (Wildman–Crippen MR) is 87.7 cm³/mol. The van der Waals surface area contributed by atoms with E-state index in [-0.39, 0.29) is 18.5 Å². The lowest BCUT2D eigenvalue weighted by atomic mass is 10.0. The largest absolute Gasteiger partial charge is 0.324 e. The highest BCUT2D eigenvalue weighted by molar-refractivity contribution is 6.33. The first-order chi connectivity index (χ1) is 10.1. The minimum absolute atomic E-state index is 0.108. The summed E-state index contributed by atoms with van der Waals surface area (Å²) in [5.74, 6) is -0.108. The SMILES string of the molecule is Cc1ccccc1[C@H](C)NCC(=O)Nc1ccccc1Cl. The smallest absolute Gasteiger partial charge is 0.238 e. The van der Waals surface area contributed by atoms with Gasteiger partial charge in [0.15, 0.2) is 0 Å². The number of nitrogens with one attached hydrogen (secondary N) is 2. The second kappa shape index (κ2) is 7.25. The average molecular weight is 303 g/mol. The molecule has 2 rings (SSSR count). The Hall–Kier alpha value is -1.84. The first-order valence-electron chi connectivity index (χ1n) is 6.91. The van der Waals surface area contributed by atoms with Crippen LogP contribution in [0.15, 0.2) is 48.5 Å². The van der Waals surface area contributed by atoms with Crippen molar-refractivity contribution in [3.05, 3.63) is 64.7 Å². The maximum absolute atomic E-state index is 12.0. The molecule has 0 unspecified atom stereocenters. The average Bonchev–Trinajstić information content (AvgIpc) is 2.48. The minimum Gasteiger partial charge on any atom is -0.324 e. The Labute approximate surface area is 130 Å². The molecule has 0 aromatic heterocycles. The summed E-state index contributed by atoms with van der Waals surface area (Å²) in [6, 6.07) is 15.5. The third-order valence-electron chi connectivity index (χ3n) is 3.37. The van der Waals surface area contributed by atoms with Crippen molar-refractivity contribution in [1.82, 2.24) is 5.32 Å². The predicted octanol–water partition coefficient (Wildman–Crippen LogP) is 3.94. The molecule has 0 aliphatic rings. The molecule has 3 nitrogen and oxygen atoms in total. The zero-order valence-electron chi connectivity index (χ0n) is 12.2. The lowest BCUT2D eigenvalue weighted by molar-refractivity contribution is -0.115. The van der Waals surface area contributed by atoms with Crippen molar-refractivity contribution in [1.29, 1.82) is 0 Å². The molecule has 110 valence electrons. The van der Waals surface area contributed by atoms with Gasteiger partial charge in [0.25, 0.3) is 0 Å². The van der Waals surface area contributed by atoms with E-state index in [0.29, 0.717) is 10.7 Å². The fourth-order valence-corrected chi connectivity index (χ4v) is 2.37. The molecule has 2 aromatic carbocycles. The molecule has 1 atom stereocenters. The second-order valence-corrected chi connectivity index (χ2v) is 5.39. The molecular formula is C17H19ClN2O. The maximum atomic E-state index is 12.0. The van der Waals surface area contributed by atoms with Gasteiger partial charge in [-0.2, -0.15) is 0 Å². The highest BCUT2D eigenvalue weighted by atomic mass is 35.5. The summed E-state index contributed by atoms with van der Waals surface area (Å²) in [7, 11) is 0. The van der Waals surface area contributed by atoms with Crippen molar-refractivity contribution in [3.8, 4) is 0 Å². The second-order valence-electron chi connectivity index (χ2n) is 4.99. The molecule has 0 saturated carbocycles. The van der Waals surface area contributed by atoms with Gasteiger partial charge >= 0.3 is 0 Å². The van der Waals surface area contributed by atoms with Crippen LogP contribution in [0.3, 0.4) is 0 Å². The number of hydrogen-bond acceptors (Lipinski definition) is 2. The van der Waals surface area contributed by atoms with Gasteiger partial charge in [0.2, 0.25) is 5.91 Å². The van der Waals surface area contributed by atoms with E-state index in [1.807, 2.05) is 31.2 Å². The van der Waals surface area contributed by atoms with Gasteiger partial charge in [0.05, 0.1) is 17.3 Å². The number of benzene rings is 2. The van der Waals surface area contributed by atoms with E-state index >= 15 is 0 Å².